The second-order valence-electron chi connectivity index (χ2n) is 15.3. The molecule has 4 nitrogen and oxygen atoms in total. The lowest BCUT2D eigenvalue weighted by atomic mass is 9.71. The molecule has 0 saturated carbocycles. The molecular formula is C50H46N4. The molecule has 0 saturated heterocycles. The molecule has 0 N–H and O–H groups in total. The van der Waals surface area contributed by atoms with Gasteiger partial charge in [0.1, 0.15) is 0 Å². The molecule has 2 aliphatic carbocycles. The third-order valence-corrected chi connectivity index (χ3v) is 12.1. The van der Waals surface area contributed by atoms with Crippen LogP contribution in [0.4, 0.5) is 0 Å². The van der Waals surface area contributed by atoms with Crippen molar-refractivity contribution in [3.63, 3.8) is 0 Å². The largest absolute Gasteiger partial charge is 0.255 e. The summed E-state index contributed by atoms with van der Waals surface area (Å²) in [6.07, 6.45) is 12.3. The fraction of sp³-hybridized carbons (Fsp3) is 0.280. The average Bonchev–Trinajstić information content (AvgIpc) is 3.63. The lowest BCUT2D eigenvalue weighted by Gasteiger charge is -2.32. The molecule has 0 bridgehead atoms. The van der Waals surface area contributed by atoms with Crippen molar-refractivity contribution in [1.29, 1.82) is 10.5 Å². The normalized spacial score (nSPS) is 14.0. The van der Waals surface area contributed by atoms with Crippen LogP contribution in [-0.4, -0.2) is 9.97 Å². The van der Waals surface area contributed by atoms with Gasteiger partial charge in [-0.1, -0.05) is 89.8 Å². The Morgan fingerprint density at radius 3 is 1.11 bits per heavy atom. The Labute approximate surface area is 320 Å². The minimum absolute atomic E-state index is 0.107. The standard InChI is InChI=1S/C50H46N4/c1-5-19-49(20-6-2)43-25-33(31-51)9-13-39(43)41-15-11-35(27-45(41)49)37-17-23-53-47(29-37)48-30-38(18-24-54-48)36-12-16-42-40-14-10-34(32-52)26-44(40)50(21-7-3,22-8-4)46(42)28-36/h9-18,23-30H,5-8,19-22H2,1-4H3. The maximum atomic E-state index is 9.79. The van der Waals surface area contributed by atoms with Gasteiger partial charge in [-0.05, 0) is 153 Å². The van der Waals surface area contributed by atoms with Crippen LogP contribution in [0.3, 0.4) is 0 Å². The number of aromatic nitrogens is 2. The Kier molecular flexibility index (Phi) is 9.25. The topological polar surface area (TPSA) is 73.4 Å². The fourth-order valence-corrected chi connectivity index (χ4v) is 10.0. The van der Waals surface area contributed by atoms with E-state index < -0.39 is 0 Å². The van der Waals surface area contributed by atoms with E-state index in [1.54, 1.807) is 0 Å². The van der Waals surface area contributed by atoms with Crippen molar-refractivity contribution in [2.45, 2.75) is 89.9 Å². The average molecular weight is 703 g/mol. The van der Waals surface area contributed by atoms with Crippen molar-refractivity contribution in [3.8, 4) is 68.0 Å². The van der Waals surface area contributed by atoms with Crippen LogP contribution in [0.25, 0.3) is 55.9 Å². The SMILES string of the molecule is CCCC1(CCC)c2cc(C#N)ccc2-c2ccc(-c3ccnc(-c4cc(-c5ccc6c(c5)C(CCC)(CCC)c5cc(C#N)ccc5-6)ccn4)c3)cc21. The van der Waals surface area contributed by atoms with Crippen molar-refractivity contribution in [2.75, 3.05) is 0 Å². The Hall–Kier alpha value is -5.84. The Balaban J connectivity index is 1.17. The van der Waals surface area contributed by atoms with Crippen LogP contribution in [0, 0.1) is 22.7 Å². The van der Waals surface area contributed by atoms with E-state index in [1.165, 1.54) is 55.6 Å². The molecule has 0 radical (unpaired) electrons. The van der Waals surface area contributed by atoms with E-state index >= 15 is 0 Å². The van der Waals surface area contributed by atoms with E-state index in [2.05, 4.69) is 125 Å². The third kappa shape index (κ3) is 5.56. The highest BCUT2D eigenvalue weighted by Crippen LogP contribution is 2.56. The van der Waals surface area contributed by atoms with Crippen molar-refractivity contribution < 1.29 is 0 Å². The number of nitriles is 2. The Morgan fingerprint density at radius 1 is 0.426 bits per heavy atom. The molecule has 8 rings (SSSR count). The third-order valence-electron chi connectivity index (χ3n) is 12.1. The second-order valence-corrected chi connectivity index (χ2v) is 15.3. The zero-order valence-electron chi connectivity index (χ0n) is 31.8. The second kappa shape index (κ2) is 14.2. The van der Waals surface area contributed by atoms with Gasteiger partial charge in [-0.15, -0.1) is 0 Å². The van der Waals surface area contributed by atoms with Crippen LogP contribution in [0.1, 0.15) is 112 Å². The number of nitrogens with zero attached hydrogens (tertiary/aromatic N) is 4. The lowest BCUT2D eigenvalue weighted by molar-refractivity contribution is 0.436. The maximum Gasteiger partial charge on any atom is 0.0991 e. The highest BCUT2D eigenvalue weighted by molar-refractivity contribution is 5.86. The number of hydrogen-bond acceptors (Lipinski definition) is 4. The van der Waals surface area contributed by atoms with E-state index in [0.717, 1.165) is 85.0 Å². The highest BCUT2D eigenvalue weighted by atomic mass is 14.8. The maximum absolute atomic E-state index is 9.79. The summed E-state index contributed by atoms with van der Waals surface area (Å²) in [6, 6.07) is 39.7. The molecule has 0 spiro atoms. The number of rotatable bonds is 11. The molecule has 0 aliphatic heterocycles. The van der Waals surface area contributed by atoms with Gasteiger partial charge in [0.2, 0.25) is 0 Å². The van der Waals surface area contributed by atoms with Crippen molar-refractivity contribution in [3.05, 3.63) is 143 Å². The van der Waals surface area contributed by atoms with E-state index in [1.807, 2.05) is 24.5 Å². The molecule has 0 atom stereocenters. The van der Waals surface area contributed by atoms with E-state index in [9.17, 15) is 10.5 Å². The fourth-order valence-electron chi connectivity index (χ4n) is 10.0. The zero-order chi connectivity index (χ0) is 37.5. The number of benzene rings is 4. The number of pyridine rings is 2. The van der Waals surface area contributed by atoms with Crippen LogP contribution in [0.5, 0.6) is 0 Å². The van der Waals surface area contributed by atoms with E-state index in [4.69, 9.17) is 9.97 Å². The van der Waals surface area contributed by atoms with E-state index in [-0.39, 0.29) is 10.8 Å². The first-order chi connectivity index (χ1) is 26.4. The first kappa shape index (κ1) is 35.2. The number of hydrogen-bond donors (Lipinski definition) is 0. The first-order valence-electron chi connectivity index (χ1n) is 19.8. The van der Waals surface area contributed by atoms with Crippen LogP contribution < -0.4 is 0 Å². The predicted molar refractivity (Wildman–Crippen MR) is 220 cm³/mol. The van der Waals surface area contributed by atoms with Crippen LogP contribution in [0.15, 0.2) is 109 Å². The molecule has 2 aromatic heterocycles. The summed E-state index contributed by atoms with van der Waals surface area (Å²) >= 11 is 0. The van der Waals surface area contributed by atoms with Gasteiger partial charge in [0.15, 0.2) is 0 Å². The molecule has 0 amide bonds. The van der Waals surface area contributed by atoms with Crippen LogP contribution >= 0.6 is 0 Å². The minimum atomic E-state index is -0.107. The van der Waals surface area contributed by atoms with Crippen molar-refractivity contribution in [1.82, 2.24) is 9.97 Å². The minimum Gasteiger partial charge on any atom is -0.255 e. The van der Waals surface area contributed by atoms with Gasteiger partial charge >= 0.3 is 0 Å². The lowest BCUT2D eigenvalue weighted by Crippen LogP contribution is -2.25. The molecule has 266 valence electrons. The molecule has 4 aromatic carbocycles. The van der Waals surface area contributed by atoms with Crippen LogP contribution in [-0.2, 0) is 10.8 Å². The summed E-state index contributed by atoms with van der Waals surface area (Å²) in [5.41, 5.74) is 17.9. The summed E-state index contributed by atoms with van der Waals surface area (Å²) in [5, 5.41) is 19.6. The molecule has 2 aliphatic rings. The Morgan fingerprint density at radius 2 is 0.759 bits per heavy atom. The molecule has 0 fully saturated rings. The van der Waals surface area contributed by atoms with Gasteiger partial charge in [0.05, 0.1) is 34.7 Å². The molecule has 2 heterocycles. The van der Waals surface area contributed by atoms with Gasteiger partial charge in [0.25, 0.3) is 0 Å². The first-order valence-corrected chi connectivity index (χ1v) is 19.8. The zero-order valence-corrected chi connectivity index (χ0v) is 31.8. The monoisotopic (exact) mass is 702 g/mol. The van der Waals surface area contributed by atoms with Gasteiger partial charge in [0, 0.05) is 23.2 Å². The molecule has 6 aromatic rings. The van der Waals surface area contributed by atoms with Gasteiger partial charge in [-0.25, -0.2) is 0 Å². The van der Waals surface area contributed by atoms with Gasteiger partial charge in [-0.2, -0.15) is 10.5 Å². The summed E-state index contributed by atoms with van der Waals surface area (Å²) in [6.45, 7) is 9.07. The molecule has 4 heteroatoms. The summed E-state index contributed by atoms with van der Waals surface area (Å²) in [5.74, 6) is 0. The number of fused-ring (bicyclic) bond motifs is 6. The summed E-state index contributed by atoms with van der Waals surface area (Å²) in [4.78, 5) is 9.67. The molecule has 0 unspecified atom stereocenters. The smallest absolute Gasteiger partial charge is 0.0991 e. The van der Waals surface area contributed by atoms with Crippen molar-refractivity contribution in [2.24, 2.45) is 0 Å². The van der Waals surface area contributed by atoms with Crippen molar-refractivity contribution >= 4 is 0 Å². The summed E-state index contributed by atoms with van der Waals surface area (Å²) < 4.78 is 0. The van der Waals surface area contributed by atoms with Gasteiger partial charge in [-0.3, -0.25) is 9.97 Å². The summed E-state index contributed by atoms with van der Waals surface area (Å²) in [7, 11) is 0. The molecular weight excluding hydrogens is 657 g/mol. The van der Waals surface area contributed by atoms with Crippen LogP contribution in [0.2, 0.25) is 0 Å². The highest BCUT2D eigenvalue weighted by Gasteiger charge is 2.43. The quantitative estimate of drug-likeness (QED) is 0.135. The predicted octanol–water partition coefficient (Wildman–Crippen LogP) is 13.0. The molecule has 54 heavy (non-hydrogen) atoms. The van der Waals surface area contributed by atoms with E-state index in [0.29, 0.717) is 0 Å². The van der Waals surface area contributed by atoms with Gasteiger partial charge < -0.3 is 0 Å². The Bertz CT molecular complexity index is 2310.